The van der Waals surface area contributed by atoms with E-state index in [2.05, 4.69) is 69.5 Å². The van der Waals surface area contributed by atoms with Crippen molar-refractivity contribution in [2.45, 2.75) is 194 Å². The Hall–Kier alpha value is -1.93. The highest BCUT2D eigenvalue weighted by atomic mass is 32.2. The molecule has 0 aromatic carbocycles. The molecule has 9 atom stereocenters. The van der Waals surface area contributed by atoms with Gasteiger partial charge < -0.3 is 10.1 Å². The van der Waals surface area contributed by atoms with Crippen LogP contribution in [0.5, 0.6) is 0 Å². The molecule has 4 rings (SSSR count). The number of rotatable bonds is 25. The molecule has 0 heterocycles. The molecule has 2 N–H and O–H groups in total. The van der Waals surface area contributed by atoms with Crippen molar-refractivity contribution in [3.05, 3.63) is 36.5 Å². The highest BCUT2D eigenvalue weighted by Gasteiger charge is 2.60. The van der Waals surface area contributed by atoms with E-state index in [0.29, 0.717) is 41.4 Å². The number of carbonyl (C=O) groups is 2. The first-order valence-electron chi connectivity index (χ1n) is 23.2. The maximum Gasteiger partial charge on any atom is 0.306 e. The second-order valence-corrected chi connectivity index (χ2v) is 20.5. The Kier molecular flexibility index (Phi) is 19.7. The van der Waals surface area contributed by atoms with Gasteiger partial charge in [0.15, 0.2) is 0 Å². The van der Waals surface area contributed by atoms with E-state index < -0.39 is 15.9 Å². The summed E-state index contributed by atoms with van der Waals surface area (Å²) in [6.07, 6.45) is 41.9. The van der Waals surface area contributed by atoms with Gasteiger partial charge in [0, 0.05) is 19.4 Å². The monoisotopic (exact) mass is 800 g/mol. The molecular formula is C48H81NO6S. The number of amides is 1. The molecule has 1 amide bonds. The van der Waals surface area contributed by atoms with E-state index in [1.165, 1.54) is 96.3 Å². The van der Waals surface area contributed by atoms with Crippen molar-refractivity contribution in [3.8, 4) is 0 Å². The number of nitrogens with one attached hydrogen (secondary N) is 1. The third kappa shape index (κ3) is 14.4. The van der Waals surface area contributed by atoms with Gasteiger partial charge in [0.05, 0.1) is 5.75 Å². The van der Waals surface area contributed by atoms with Crippen molar-refractivity contribution >= 4 is 22.0 Å². The first kappa shape index (κ1) is 46.8. The lowest BCUT2D eigenvalue weighted by Gasteiger charge is -2.61. The zero-order valence-electron chi connectivity index (χ0n) is 36.0. The largest absolute Gasteiger partial charge is 0.462 e. The minimum absolute atomic E-state index is 0.0182. The normalized spacial score (nSPS) is 31.0. The third-order valence-corrected chi connectivity index (χ3v) is 15.9. The van der Waals surface area contributed by atoms with Gasteiger partial charge in [-0.1, -0.05) is 103 Å². The van der Waals surface area contributed by atoms with Gasteiger partial charge in [0.2, 0.25) is 5.91 Å². The van der Waals surface area contributed by atoms with Crippen LogP contribution in [0.25, 0.3) is 0 Å². The summed E-state index contributed by atoms with van der Waals surface area (Å²) in [6, 6.07) is 0. The van der Waals surface area contributed by atoms with Gasteiger partial charge in [-0.3, -0.25) is 14.1 Å². The Balaban J connectivity index is 1.07. The molecule has 320 valence electrons. The summed E-state index contributed by atoms with van der Waals surface area (Å²) in [5.41, 5.74) is 0.659. The topological polar surface area (TPSA) is 110 Å². The van der Waals surface area contributed by atoms with Crippen molar-refractivity contribution < 1.29 is 27.3 Å². The zero-order valence-corrected chi connectivity index (χ0v) is 36.8. The van der Waals surface area contributed by atoms with Crippen LogP contribution in [0.4, 0.5) is 0 Å². The van der Waals surface area contributed by atoms with Crippen LogP contribution in [-0.2, 0) is 24.4 Å². The first-order chi connectivity index (χ1) is 26.9. The second-order valence-electron chi connectivity index (χ2n) is 19.0. The van der Waals surface area contributed by atoms with Gasteiger partial charge in [-0.2, -0.15) is 8.42 Å². The molecule has 0 aromatic rings. The standard InChI is InChI=1S/C48H81NO6S/c1-5-6-7-8-9-10-11-12-13-14-15-16-17-18-19-20-21-22-23-24-46(51)55-40-31-33-47(3)39(37-40)26-27-41-43-29-28-42(48(43,4)34-32-44(41)47)38(2)25-30-45(50)49-35-36-56(52,53)54/h9-10,12-13,15-16,38-44H,5-8,11,14,17-37H2,1-4H3,(H,49,50)(H,52,53,54)/b10-9-,13-12-,16-15-. The molecule has 4 saturated carbocycles. The third-order valence-electron chi connectivity index (χ3n) is 15.2. The maximum absolute atomic E-state index is 12.9. The van der Waals surface area contributed by atoms with Crippen molar-refractivity contribution in [2.75, 3.05) is 12.3 Å². The van der Waals surface area contributed by atoms with Crippen LogP contribution >= 0.6 is 0 Å². The summed E-state index contributed by atoms with van der Waals surface area (Å²) in [5.74, 6) is 3.43. The second kappa shape index (κ2) is 23.6. The van der Waals surface area contributed by atoms with Crippen LogP contribution in [0.15, 0.2) is 36.5 Å². The van der Waals surface area contributed by atoms with Crippen LogP contribution in [0, 0.1) is 46.3 Å². The number of ether oxygens (including phenoxy) is 1. The van der Waals surface area contributed by atoms with Gasteiger partial charge in [-0.25, -0.2) is 0 Å². The van der Waals surface area contributed by atoms with Crippen molar-refractivity contribution in [2.24, 2.45) is 46.3 Å². The zero-order chi connectivity index (χ0) is 40.4. The van der Waals surface area contributed by atoms with Gasteiger partial charge in [-0.05, 0) is 155 Å². The average molecular weight is 800 g/mol. The van der Waals surface area contributed by atoms with E-state index in [9.17, 15) is 18.0 Å². The fourth-order valence-electron chi connectivity index (χ4n) is 12.0. The van der Waals surface area contributed by atoms with E-state index in [-0.39, 0.29) is 24.5 Å². The van der Waals surface area contributed by atoms with Crippen LogP contribution < -0.4 is 5.32 Å². The lowest BCUT2D eigenvalue weighted by Crippen LogP contribution is -2.54. The minimum Gasteiger partial charge on any atom is -0.462 e. The van der Waals surface area contributed by atoms with Crippen LogP contribution in [0.2, 0.25) is 0 Å². The Morgan fingerprint density at radius 3 is 2.09 bits per heavy atom. The minimum atomic E-state index is -4.07. The van der Waals surface area contributed by atoms with Crippen molar-refractivity contribution in [1.82, 2.24) is 5.32 Å². The highest BCUT2D eigenvalue weighted by Crippen LogP contribution is 2.68. The molecule has 4 aliphatic carbocycles. The Morgan fingerprint density at radius 2 is 1.39 bits per heavy atom. The van der Waals surface area contributed by atoms with E-state index in [1.54, 1.807) is 0 Å². The molecule has 56 heavy (non-hydrogen) atoms. The van der Waals surface area contributed by atoms with Gasteiger partial charge in [-0.15, -0.1) is 0 Å². The molecule has 4 fully saturated rings. The number of fused-ring (bicyclic) bond motifs is 5. The molecule has 8 heteroatoms. The maximum atomic E-state index is 12.9. The number of carbonyl (C=O) groups excluding carboxylic acids is 2. The summed E-state index contributed by atoms with van der Waals surface area (Å²) >= 11 is 0. The number of esters is 1. The summed E-state index contributed by atoms with van der Waals surface area (Å²) < 4.78 is 37.0. The highest BCUT2D eigenvalue weighted by molar-refractivity contribution is 7.85. The van der Waals surface area contributed by atoms with Gasteiger partial charge in [0.1, 0.15) is 6.10 Å². The SMILES string of the molecule is CCCCC/C=C\C/C=C\C/C=C\CCCCCCCCC(=O)OC1CCC2(C)C(CCC3C2CCC2(C)C(C(C)CCC(=O)NCCS(=O)(=O)O)CCC32)C1. The Labute approximate surface area is 342 Å². The molecule has 0 saturated heterocycles. The van der Waals surface area contributed by atoms with E-state index in [0.717, 1.165) is 69.1 Å². The molecule has 0 radical (unpaired) electrons. The summed E-state index contributed by atoms with van der Waals surface area (Å²) in [5, 5.41) is 2.65. The molecule has 9 unspecified atom stereocenters. The summed E-state index contributed by atoms with van der Waals surface area (Å²) in [4.78, 5) is 25.3. The predicted octanol–water partition coefficient (Wildman–Crippen LogP) is 12.1. The number of hydrogen-bond acceptors (Lipinski definition) is 5. The van der Waals surface area contributed by atoms with Crippen molar-refractivity contribution in [1.29, 1.82) is 0 Å². The lowest BCUT2D eigenvalue weighted by atomic mass is 9.44. The average Bonchev–Trinajstić information content (AvgIpc) is 3.51. The lowest BCUT2D eigenvalue weighted by molar-refractivity contribution is -0.162. The number of unbranched alkanes of at least 4 members (excludes halogenated alkanes) is 9. The Bertz CT molecular complexity index is 1390. The predicted molar refractivity (Wildman–Crippen MR) is 231 cm³/mol. The first-order valence-corrected chi connectivity index (χ1v) is 24.8. The Morgan fingerprint density at radius 1 is 0.768 bits per heavy atom. The van der Waals surface area contributed by atoms with Crippen LogP contribution in [0.1, 0.15) is 188 Å². The summed E-state index contributed by atoms with van der Waals surface area (Å²) in [7, 11) is -4.07. The van der Waals surface area contributed by atoms with E-state index >= 15 is 0 Å². The molecule has 7 nitrogen and oxygen atoms in total. The number of hydrogen-bond donors (Lipinski definition) is 2. The van der Waals surface area contributed by atoms with E-state index in [1.807, 2.05) is 0 Å². The van der Waals surface area contributed by atoms with Gasteiger partial charge >= 0.3 is 5.97 Å². The van der Waals surface area contributed by atoms with E-state index in [4.69, 9.17) is 9.29 Å². The molecule has 0 spiro atoms. The number of allylic oxidation sites excluding steroid dienone is 6. The fraction of sp³-hybridized carbons (Fsp3) is 0.833. The van der Waals surface area contributed by atoms with Crippen LogP contribution in [0.3, 0.4) is 0 Å². The van der Waals surface area contributed by atoms with Crippen molar-refractivity contribution in [3.63, 3.8) is 0 Å². The molecule has 0 bridgehead atoms. The quantitative estimate of drug-likeness (QED) is 0.0412. The smallest absolute Gasteiger partial charge is 0.306 e. The van der Waals surface area contributed by atoms with Crippen LogP contribution in [-0.4, -0.2) is 43.2 Å². The molecule has 4 aliphatic rings. The molecule has 0 aliphatic heterocycles. The summed E-state index contributed by atoms with van der Waals surface area (Å²) in [6.45, 7) is 9.65. The fourth-order valence-corrected chi connectivity index (χ4v) is 12.4. The molecule has 0 aromatic heterocycles. The van der Waals surface area contributed by atoms with Gasteiger partial charge in [0.25, 0.3) is 10.1 Å². The molecular weight excluding hydrogens is 719 g/mol.